The largest absolute Gasteiger partial charge is 0.228 e. The maximum absolute atomic E-state index is 12.5. The Morgan fingerprint density at radius 1 is 1.42 bits per heavy atom. The zero-order valence-electron chi connectivity index (χ0n) is 6.49. The molecular formula is C8H8FO2S. The normalized spacial score (nSPS) is 11.5. The molecule has 1 aromatic carbocycles. The Morgan fingerprint density at radius 3 is 2.58 bits per heavy atom. The zero-order valence-corrected chi connectivity index (χ0v) is 7.31. The van der Waals surface area contributed by atoms with E-state index in [2.05, 4.69) is 0 Å². The molecule has 0 amide bonds. The van der Waals surface area contributed by atoms with Gasteiger partial charge >= 0.3 is 0 Å². The SMILES string of the molecule is CS(=O)(=O)[CH]c1cccc(F)c1. The van der Waals surface area contributed by atoms with Gasteiger partial charge in [-0.15, -0.1) is 0 Å². The van der Waals surface area contributed by atoms with Crippen LogP contribution in [0.4, 0.5) is 4.39 Å². The highest BCUT2D eigenvalue weighted by atomic mass is 32.2. The van der Waals surface area contributed by atoms with Crippen molar-refractivity contribution in [3.05, 3.63) is 41.4 Å². The fourth-order valence-corrected chi connectivity index (χ4v) is 1.47. The van der Waals surface area contributed by atoms with E-state index in [0.29, 0.717) is 5.56 Å². The van der Waals surface area contributed by atoms with Gasteiger partial charge in [0, 0.05) is 6.26 Å². The summed E-state index contributed by atoms with van der Waals surface area (Å²) >= 11 is 0. The van der Waals surface area contributed by atoms with Crippen LogP contribution >= 0.6 is 0 Å². The van der Waals surface area contributed by atoms with E-state index in [-0.39, 0.29) is 0 Å². The molecule has 0 atom stereocenters. The van der Waals surface area contributed by atoms with Gasteiger partial charge in [0.05, 0.1) is 0 Å². The first-order valence-electron chi connectivity index (χ1n) is 3.28. The first-order chi connectivity index (χ1) is 5.47. The second-order valence-electron chi connectivity index (χ2n) is 2.50. The van der Waals surface area contributed by atoms with Gasteiger partial charge in [0.1, 0.15) is 11.6 Å². The van der Waals surface area contributed by atoms with Gasteiger partial charge in [-0.3, -0.25) is 0 Å². The van der Waals surface area contributed by atoms with Gasteiger partial charge in [-0.25, -0.2) is 12.8 Å². The predicted molar refractivity (Wildman–Crippen MR) is 44.6 cm³/mol. The van der Waals surface area contributed by atoms with Crippen LogP contribution in [-0.2, 0) is 9.84 Å². The summed E-state index contributed by atoms with van der Waals surface area (Å²) in [4.78, 5) is 0. The van der Waals surface area contributed by atoms with Crippen LogP contribution < -0.4 is 0 Å². The third-order valence-electron chi connectivity index (χ3n) is 1.20. The van der Waals surface area contributed by atoms with Gasteiger partial charge in [0.2, 0.25) is 0 Å². The van der Waals surface area contributed by atoms with Crippen LogP contribution in [0.1, 0.15) is 5.56 Å². The molecule has 0 fully saturated rings. The Bertz CT molecular complexity index is 370. The van der Waals surface area contributed by atoms with Crippen LogP contribution in [0.2, 0.25) is 0 Å². The van der Waals surface area contributed by atoms with Gasteiger partial charge in [0.25, 0.3) is 0 Å². The Hall–Kier alpha value is -0.900. The van der Waals surface area contributed by atoms with Gasteiger partial charge in [-0.1, -0.05) is 12.1 Å². The van der Waals surface area contributed by atoms with E-state index in [1.807, 2.05) is 0 Å². The fourth-order valence-electron chi connectivity index (χ4n) is 0.827. The molecule has 0 spiro atoms. The molecule has 0 unspecified atom stereocenters. The van der Waals surface area contributed by atoms with Crippen molar-refractivity contribution in [1.82, 2.24) is 0 Å². The summed E-state index contributed by atoms with van der Waals surface area (Å²) in [6.45, 7) is 0. The quantitative estimate of drug-likeness (QED) is 0.701. The van der Waals surface area contributed by atoms with Gasteiger partial charge < -0.3 is 0 Å². The van der Waals surface area contributed by atoms with E-state index in [9.17, 15) is 12.8 Å². The Kier molecular flexibility index (Phi) is 2.47. The molecule has 65 valence electrons. The van der Waals surface area contributed by atoms with Crippen molar-refractivity contribution in [2.45, 2.75) is 0 Å². The molecule has 0 aliphatic carbocycles. The third-order valence-corrected chi connectivity index (χ3v) is 1.90. The van der Waals surface area contributed by atoms with E-state index in [1.54, 1.807) is 0 Å². The average molecular weight is 187 g/mol. The summed E-state index contributed by atoms with van der Waals surface area (Å²) in [5.41, 5.74) is 0.359. The lowest BCUT2D eigenvalue weighted by Gasteiger charge is -1.97. The monoisotopic (exact) mass is 187 g/mol. The second kappa shape index (κ2) is 3.23. The van der Waals surface area contributed by atoms with Gasteiger partial charge in [-0.2, -0.15) is 0 Å². The van der Waals surface area contributed by atoms with Crippen molar-refractivity contribution in [3.8, 4) is 0 Å². The standard InChI is InChI=1S/C8H8FO2S/c1-12(10,11)6-7-3-2-4-8(9)5-7/h2-6H,1H3. The lowest BCUT2D eigenvalue weighted by atomic mass is 10.2. The average Bonchev–Trinajstić information content (AvgIpc) is 1.82. The number of hydrogen-bond donors (Lipinski definition) is 0. The highest BCUT2D eigenvalue weighted by molar-refractivity contribution is 7.92. The third kappa shape index (κ3) is 3.00. The first kappa shape index (κ1) is 9.19. The minimum absolute atomic E-state index is 0.359. The second-order valence-corrected chi connectivity index (χ2v) is 4.40. The minimum atomic E-state index is -3.19. The van der Waals surface area contributed by atoms with E-state index in [1.165, 1.54) is 24.3 Å². The molecular weight excluding hydrogens is 179 g/mol. The van der Waals surface area contributed by atoms with Crippen LogP contribution in [0.25, 0.3) is 0 Å². The molecule has 1 radical (unpaired) electrons. The molecule has 12 heavy (non-hydrogen) atoms. The topological polar surface area (TPSA) is 34.1 Å². The summed E-state index contributed by atoms with van der Waals surface area (Å²) in [5, 5.41) is 0. The first-order valence-corrected chi connectivity index (χ1v) is 5.23. The summed E-state index contributed by atoms with van der Waals surface area (Å²) < 4.78 is 34.0. The smallest absolute Gasteiger partial charge is 0.156 e. The summed E-state index contributed by atoms with van der Waals surface area (Å²) in [6, 6.07) is 5.43. The lowest BCUT2D eigenvalue weighted by Crippen LogP contribution is -1.97. The van der Waals surface area contributed by atoms with Crippen molar-refractivity contribution in [2.24, 2.45) is 0 Å². The van der Waals surface area contributed by atoms with Crippen LogP contribution in [0.15, 0.2) is 24.3 Å². The molecule has 1 aromatic rings. The van der Waals surface area contributed by atoms with Crippen molar-refractivity contribution >= 4 is 9.84 Å². The summed E-state index contributed by atoms with van der Waals surface area (Å²) in [6.07, 6.45) is 1.07. The summed E-state index contributed by atoms with van der Waals surface area (Å²) in [5.74, 6) is 0.586. The number of halogens is 1. The van der Waals surface area contributed by atoms with E-state index in [4.69, 9.17) is 0 Å². The maximum Gasteiger partial charge on any atom is 0.156 e. The highest BCUT2D eigenvalue weighted by Crippen LogP contribution is 2.08. The van der Waals surface area contributed by atoms with Crippen LogP contribution in [0.5, 0.6) is 0 Å². The van der Waals surface area contributed by atoms with E-state index < -0.39 is 15.7 Å². The van der Waals surface area contributed by atoms with Crippen molar-refractivity contribution in [2.75, 3.05) is 6.26 Å². The van der Waals surface area contributed by atoms with Crippen molar-refractivity contribution in [1.29, 1.82) is 0 Å². The van der Waals surface area contributed by atoms with Gasteiger partial charge in [0.15, 0.2) is 9.84 Å². The summed E-state index contributed by atoms with van der Waals surface area (Å²) in [7, 11) is -3.19. The van der Waals surface area contributed by atoms with Crippen LogP contribution in [0, 0.1) is 11.6 Å². The number of benzene rings is 1. The highest BCUT2D eigenvalue weighted by Gasteiger charge is 2.05. The van der Waals surface area contributed by atoms with Gasteiger partial charge in [-0.05, 0) is 17.7 Å². The number of hydrogen-bond acceptors (Lipinski definition) is 2. The molecule has 0 aliphatic rings. The molecule has 0 aromatic heterocycles. The Morgan fingerprint density at radius 2 is 2.08 bits per heavy atom. The van der Waals surface area contributed by atoms with Crippen LogP contribution in [-0.4, -0.2) is 14.7 Å². The van der Waals surface area contributed by atoms with Crippen molar-refractivity contribution in [3.63, 3.8) is 0 Å². The number of sulfone groups is 1. The molecule has 4 heteroatoms. The van der Waals surface area contributed by atoms with E-state index in [0.717, 1.165) is 12.0 Å². The van der Waals surface area contributed by atoms with E-state index >= 15 is 0 Å². The Balaban J connectivity index is 2.91. The maximum atomic E-state index is 12.5. The molecule has 0 saturated heterocycles. The number of rotatable bonds is 2. The molecule has 0 aliphatic heterocycles. The Labute approximate surface area is 71.0 Å². The molecule has 0 heterocycles. The molecule has 2 nitrogen and oxygen atoms in total. The lowest BCUT2D eigenvalue weighted by molar-refractivity contribution is 0.607. The fraction of sp³-hybridized carbons (Fsp3) is 0.125. The van der Waals surface area contributed by atoms with Crippen molar-refractivity contribution < 1.29 is 12.8 Å². The molecule has 0 N–H and O–H groups in total. The predicted octanol–water partition coefficient (Wildman–Crippen LogP) is 1.38. The molecule has 0 bridgehead atoms. The zero-order chi connectivity index (χ0) is 9.19. The molecule has 1 rings (SSSR count). The molecule has 0 saturated carbocycles. The van der Waals surface area contributed by atoms with Crippen LogP contribution in [0.3, 0.4) is 0 Å². The minimum Gasteiger partial charge on any atom is -0.228 e.